The number of nitrogens with zero attached hydrogens (tertiary/aromatic N) is 2. The first-order valence-electron chi connectivity index (χ1n) is 13.2. The number of rotatable bonds is 8. The van der Waals surface area contributed by atoms with Crippen LogP contribution in [-0.4, -0.2) is 10.4 Å². The van der Waals surface area contributed by atoms with E-state index in [2.05, 4.69) is 89.9 Å². The highest BCUT2D eigenvalue weighted by molar-refractivity contribution is 6.00. The SMILES string of the molecule is O=C(c1ccccc1)C(c1ccccc1)n1cc[n+](C(c2ccccc2)c2ccc(-c3ccccc3)cc2)c1.[Cl-]. The maximum atomic E-state index is 13.8. The van der Waals surface area contributed by atoms with E-state index in [1.807, 2.05) is 83.6 Å². The molecule has 2 atom stereocenters. The van der Waals surface area contributed by atoms with Crippen molar-refractivity contribution >= 4 is 5.78 Å². The molecule has 0 spiro atoms. The summed E-state index contributed by atoms with van der Waals surface area (Å²) in [6.45, 7) is 0. The summed E-state index contributed by atoms with van der Waals surface area (Å²) >= 11 is 0. The largest absolute Gasteiger partial charge is 1.00 e. The van der Waals surface area contributed by atoms with E-state index in [0.717, 1.165) is 5.56 Å². The number of halogens is 1. The summed E-state index contributed by atoms with van der Waals surface area (Å²) in [5.41, 5.74) is 6.39. The van der Waals surface area contributed by atoms with Gasteiger partial charge < -0.3 is 12.4 Å². The summed E-state index contributed by atoms with van der Waals surface area (Å²) < 4.78 is 4.22. The minimum absolute atomic E-state index is 0. The van der Waals surface area contributed by atoms with E-state index in [0.29, 0.717) is 5.56 Å². The molecule has 0 aliphatic carbocycles. The number of carbonyl (C=O) groups excluding carboxylic acids is 1. The fourth-order valence-corrected chi connectivity index (χ4v) is 5.21. The predicted molar refractivity (Wildman–Crippen MR) is 156 cm³/mol. The molecule has 0 bridgehead atoms. The van der Waals surface area contributed by atoms with E-state index in [1.165, 1.54) is 22.3 Å². The second-order valence-electron chi connectivity index (χ2n) is 9.65. The van der Waals surface area contributed by atoms with E-state index in [9.17, 15) is 4.79 Å². The smallest absolute Gasteiger partial charge is 0.245 e. The van der Waals surface area contributed by atoms with E-state index in [-0.39, 0.29) is 24.2 Å². The van der Waals surface area contributed by atoms with Crippen molar-refractivity contribution in [3.63, 3.8) is 0 Å². The van der Waals surface area contributed by atoms with Crippen molar-refractivity contribution in [3.05, 3.63) is 187 Å². The number of hydrogen-bond donors (Lipinski definition) is 0. The minimum atomic E-state index is -0.466. The lowest BCUT2D eigenvalue weighted by molar-refractivity contribution is -0.704. The molecule has 4 heteroatoms. The van der Waals surface area contributed by atoms with E-state index in [4.69, 9.17) is 0 Å². The fourth-order valence-electron chi connectivity index (χ4n) is 5.21. The number of carbonyl (C=O) groups is 1. The molecule has 1 heterocycles. The number of benzene rings is 5. The first-order chi connectivity index (χ1) is 19.3. The summed E-state index contributed by atoms with van der Waals surface area (Å²) in [5.74, 6) is 0.0630. The molecule has 0 aliphatic heterocycles. The zero-order valence-electron chi connectivity index (χ0n) is 21.9. The molecule has 0 aliphatic rings. The predicted octanol–water partition coefficient (Wildman–Crippen LogP) is 4.56. The van der Waals surface area contributed by atoms with Gasteiger partial charge in [-0.25, -0.2) is 9.13 Å². The molecule has 196 valence electrons. The minimum Gasteiger partial charge on any atom is -1.00 e. The van der Waals surface area contributed by atoms with Gasteiger partial charge in [-0.05, 0) is 11.1 Å². The summed E-state index contributed by atoms with van der Waals surface area (Å²) in [6.07, 6.45) is 6.13. The van der Waals surface area contributed by atoms with Crippen LogP contribution in [0.5, 0.6) is 0 Å². The van der Waals surface area contributed by atoms with Crippen LogP contribution in [0.2, 0.25) is 0 Å². The van der Waals surface area contributed by atoms with Crippen molar-refractivity contribution in [3.8, 4) is 11.1 Å². The number of aromatic nitrogens is 2. The van der Waals surface area contributed by atoms with Crippen molar-refractivity contribution in [2.75, 3.05) is 0 Å². The Morgan fingerprint density at radius 3 is 1.62 bits per heavy atom. The first-order valence-corrected chi connectivity index (χ1v) is 13.2. The molecule has 0 saturated heterocycles. The topological polar surface area (TPSA) is 25.9 Å². The molecule has 2 unspecified atom stereocenters. The number of hydrogen-bond acceptors (Lipinski definition) is 1. The molecule has 3 nitrogen and oxygen atoms in total. The molecule has 1 aromatic heterocycles. The van der Waals surface area contributed by atoms with E-state index >= 15 is 0 Å². The van der Waals surface area contributed by atoms with Crippen LogP contribution in [-0.2, 0) is 0 Å². The van der Waals surface area contributed by atoms with Gasteiger partial charge in [0.1, 0.15) is 12.4 Å². The Bertz CT molecular complexity index is 1650. The van der Waals surface area contributed by atoms with Crippen LogP contribution in [0.3, 0.4) is 0 Å². The number of Topliss-reactive ketones (excluding diaryl/α,β-unsaturated/α-hetero) is 1. The second-order valence-corrected chi connectivity index (χ2v) is 9.65. The lowest BCUT2D eigenvalue weighted by Gasteiger charge is -2.17. The highest BCUT2D eigenvalue weighted by atomic mass is 35.5. The van der Waals surface area contributed by atoms with Gasteiger partial charge in [-0.2, -0.15) is 0 Å². The third-order valence-electron chi connectivity index (χ3n) is 7.14. The van der Waals surface area contributed by atoms with Gasteiger partial charge in [-0.1, -0.05) is 146 Å². The third-order valence-corrected chi connectivity index (χ3v) is 7.14. The van der Waals surface area contributed by atoms with Crippen LogP contribution < -0.4 is 17.0 Å². The maximum absolute atomic E-state index is 13.8. The monoisotopic (exact) mass is 540 g/mol. The lowest BCUT2D eigenvalue weighted by Crippen LogP contribution is -3.00. The number of ketones is 1. The molecular formula is C36H29ClN2O. The van der Waals surface area contributed by atoms with Gasteiger partial charge in [-0.3, -0.25) is 4.79 Å². The second kappa shape index (κ2) is 12.4. The van der Waals surface area contributed by atoms with Gasteiger partial charge in [0.15, 0.2) is 12.1 Å². The molecule has 5 aromatic carbocycles. The summed E-state index contributed by atoms with van der Waals surface area (Å²) in [4.78, 5) is 13.8. The molecule has 0 saturated carbocycles. The maximum Gasteiger partial charge on any atom is 0.245 e. The van der Waals surface area contributed by atoms with Crippen molar-refractivity contribution in [1.82, 2.24) is 4.57 Å². The summed E-state index contributed by atoms with van der Waals surface area (Å²) in [7, 11) is 0. The Kier molecular flexibility index (Phi) is 8.34. The Morgan fingerprint density at radius 2 is 1.02 bits per heavy atom. The van der Waals surface area contributed by atoms with Crippen molar-refractivity contribution in [2.45, 2.75) is 12.1 Å². The van der Waals surface area contributed by atoms with Gasteiger partial charge >= 0.3 is 0 Å². The van der Waals surface area contributed by atoms with Crippen molar-refractivity contribution < 1.29 is 21.8 Å². The van der Waals surface area contributed by atoms with Gasteiger partial charge in [-0.15, -0.1) is 0 Å². The Balaban J connectivity index is 0.00000323. The van der Waals surface area contributed by atoms with E-state index in [1.54, 1.807) is 0 Å². The van der Waals surface area contributed by atoms with Crippen molar-refractivity contribution in [2.24, 2.45) is 0 Å². The Morgan fingerprint density at radius 1 is 0.550 bits per heavy atom. The zero-order valence-corrected chi connectivity index (χ0v) is 22.7. The first kappa shape index (κ1) is 26.9. The highest BCUT2D eigenvalue weighted by Gasteiger charge is 2.30. The van der Waals surface area contributed by atoms with Crippen LogP contribution in [0, 0.1) is 0 Å². The number of imidazole rings is 1. The summed E-state index contributed by atoms with van der Waals surface area (Å²) in [5, 5.41) is 0. The Labute approximate surface area is 241 Å². The van der Waals surface area contributed by atoms with Crippen LogP contribution in [0.1, 0.15) is 39.1 Å². The summed E-state index contributed by atoms with van der Waals surface area (Å²) in [6, 6.07) is 48.7. The quantitative estimate of drug-likeness (QED) is 0.205. The van der Waals surface area contributed by atoms with Crippen LogP contribution in [0.15, 0.2) is 164 Å². The van der Waals surface area contributed by atoms with Gasteiger partial charge in [0, 0.05) is 22.3 Å². The molecule has 6 rings (SSSR count). The normalized spacial score (nSPS) is 12.2. The van der Waals surface area contributed by atoms with Crippen LogP contribution in [0.4, 0.5) is 0 Å². The molecule has 0 radical (unpaired) electrons. The van der Waals surface area contributed by atoms with Crippen LogP contribution in [0.25, 0.3) is 11.1 Å². The standard InChI is InChI=1S/C36H29N2O.ClH/c39-36(33-19-11-4-12-20-33)35(31-17-9-3-10-18-31)38-26-25-37(27-38)34(30-15-7-2-8-16-30)32-23-21-29(22-24-32)28-13-5-1-6-14-28;/h1-27,34-35H;1H/q+1;/p-1. The molecular weight excluding hydrogens is 512 g/mol. The lowest BCUT2D eigenvalue weighted by atomic mass is 9.96. The van der Waals surface area contributed by atoms with Crippen molar-refractivity contribution in [1.29, 1.82) is 0 Å². The fraction of sp³-hybridized carbons (Fsp3) is 0.0556. The molecule has 0 fully saturated rings. The Hall–Kier alpha value is -4.73. The zero-order chi connectivity index (χ0) is 26.4. The molecule has 6 aromatic rings. The van der Waals surface area contributed by atoms with Crippen LogP contribution >= 0.6 is 0 Å². The average molecular weight is 541 g/mol. The van der Waals surface area contributed by atoms with E-state index < -0.39 is 6.04 Å². The third kappa shape index (κ3) is 5.66. The average Bonchev–Trinajstić information content (AvgIpc) is 3.48. The molecule has 0 N–H and O–H groups in total. The molecule has 40 heavy (non-hydrogen) atoms. The molecule has 0 amide bonds. The van der Waals surface area contributed by atoms with Gasteiger partial charge in [0.05, 0.1) is 0 Å². The van der Waals surface area contributed by atoms with Gasteiger partial charge in [0.25, 0.3) is 0 Å². The highest BCUT2D eigenvalue weighted by Crippen LogP contribution is 2.27. The van der Waals surface area contributed by atoms with Gasteiger partial charge in [0.2, 0.25) is 12.1 Å².